The highest BCUT2D eigenvalue weighted by atomic mass is 16.3. The second-order valence-electron chi connectivity index (χ2n) is 5.33. The van der Waals surface area contributed by atoms with E-state index in [-0.39, 0.29) is 17.9 Å². The average Bonchev–Trinajstić information content (AvgIpc) is 2.88. The van der Waals surface area contributed by atoms with Gasteiger partial charge in [0.25, 0.3) is 11.8 Å². The monoisotopic (exact) mass is 284 g/mol. The molecule has 2 amide bonds. The summed E-state index contributed by atoms with van der Waals surface area (Å²) in [6.45, 7) is 5.49. The van der Waals surface area contributed by atoms with Crippen LogP contribution in [-0.2, 0) is 0 Å². The fourth-order valence-corrected chi connectivity index (χ4v) is 2.83. The minimum absolute atomic E-state index is 0.291. The Morgan fingerprint density at radius 1 is 1.10 bits per heavy atom. The highest BCUT2D eigenvalue weighted by molar-refractivity contribution is 6.21. The number of carbonyl (C=O) groups is 2. The number of rotatable bonds is 2. The summed E-state index contributed by atoms with van der Waals surface area (Å²) in [4.78, 5) is 26.3. The van der Waals surface area contributed by atoms with Crippen molar-refractivity contribution in [2.24, 2.45) is 0 Å². The molecule has 1 aliphatic heterocycles. The molecule has 0 saturated heterocycles. The summed E-state index contributed by atoms with van der Waals surface area (Å²) < 4.78 is 5.49. The molecule has 2 heterocycles. The molecule has 3 rings (SSSR count). The molecule has 1 aliphatic rings. The smallest absolute Gasteiger partial charge is 0.262 e. The van der Waals surface area contributed by atoms with Crippen LogP contribution in [0.1, 0.15) is 50.8 Å². The van der Waals surface area contributed by atoms with E-state index in [2.05, 4.69) is 0 Å². The van der Waals surface area contributed by atoms with Gasteiger partial charge in [-0.3, -0.25) is 14.5 Å². The Kier molecular flexibility index (Phi) is 2.86. The third kappa shape index (κ3) is 1.93. The number of benzene rings is 1. The van der Waals surface area contributed by atoms with Crippen LogP contribution in [-0.4, -0.2) is 16.7 Å². The molecule has 2 aromatic rings. The van der Waals surface area contributed by atoms with Crippen LogP contribution < -0.4 is 5.73 Å². The molecule has 0 spiro atoms. The van der Waals surface area contributed by atoms with Gasteiger partial charge in [-0.1, -0.05) is 0 Å². The number of carbonyl (C=O) groups excluding carboxylic acids is 2. The lowest BCUT2D eigenvalue weighted by Crippen LogP contribution is -2.32. The zero-order chi connectivity index (χ0) is 15.3. The zero-order valence-corrected chi connectivity index (χ0v) is 12.1. The maximum absolute atomic E-state index is 12.5. The summed E-state index contributed by atoms with van der Waals surface area (Å²) in [6.07, 6.45) is 0. The largest absolute Gasteiger partial charge is 0.466 e. The summed E-state index contributed by atoms with van der Waals surface area (Å²) in [6, 6.07) is 6.26. The van der Waals surface area contributed by atoms with Crippen LogP contribution in [0.4, 0.5) is 5.69 Å². The molecule has 21 heavy (non-hydrogen) atoms. The molecule has 1 atom stereocenters. The number of nitrogens with two attached hydrogens (primary N) is 1. The number of aryl methyl sites for hydroxylation is 2. The molecule has 0 bridgehead atoms. The van der Waals surface area contributed by atoms with E-state index in [9.17, 15) is 9.59 Å². The fraction of sp³-hybridized carbons (Fsp3) is 0.250. The van der Waals surface area contributed by atoms with Crippen molar-refractivity contribution in [1.82, 2.24) is 4.90 Å². The summed E-state index contributed by atoms with van der Waals surface area (Å²) in [5.41, 5.74) is 7.78. The first kappa shape index (κ1) is 13.4. The van der Waals surface area contributed by atoms with E-state index < -0.39 is 0 Å². The van der Waals surface area contributed by atoms with E-state index in [1.807, 2.05) is 26.8 Å². The van der Waals surface area contributed by atoms with Crippen molar-refractivity contribution < 1.29 is 14.0 Å². The fourth-order valence-electron chi connectivity index (χ4n) is 2.83. The first-order valence-corrected chi connectivity index (χ1v) is 6.74. The van der Waals surface area contributed by atoms with Crippen molar-refractivity contribution in [2.45, 2.75) is 26.8 Å². The summed E-state index contributed by atoms with van der Waals surface area (Å²) >= 11 is 0. The van der Waals surface area contributed by atoms with Crippen molar-refractivity contribution in [1.29, 1.82) is 0 Å². The van der Waals surface area contributed by atoms with Gasteiger partial charge >= 0.3 is 0 Å². The maximum atomic E-state index is 12.5. The molecular formula is C16H16N2O3. The number of fused-ring (bicyclic) bond motifs is 1. The Bertz CT molecular complexity index is 761. The van der Waals surface area contributed by atoms with Gasteiger partial charge in [0.2, 0.25) is 0 Å². The van der Waals surface area contributed by atoms with E-state index in [0.717, 1.165) is 17.1 Å². The molecule has 1 aromatic heterocycles. The summed E-state index contributed by atoms with van der Waals surface area (Å²) in [5, 5.41) is 0. The number of amides is 2. The minimum atomic E-state index is -0.379. The Morgan fingerprint density at radius 2 is 1.76 bits per heavy atom. The topological polar surface area (TPSA) is 76.5 Å². The Hall–Kier alpha value is -2.56. The van der Waals surface area contributed by atoms with Crippen LogP contribution >= 0.6 is 0 Å². The van der Waals surface area contributed by atoms with E-state index in [4.69, 9.17) is 10.2 Å². The first-order valence-electron chi connectivity index (χ1n) is 6.74. The standard InChI is InChI=1S/C16H16N2O3/c1-8-6-13(10(3)21-8)9(2)18-15(19)12-5-4-11(17)7-14(12)16(18)20/h4-7,9H,17H2,1-3H3/t9-/m0/s1. The number of nitrogen functional groups attached to an aromatic ring is 1. The van der Waals surface area contributed by atoms with Gasteiger partial charge in [-0.25, -0.2) is 0 Å². The third-order valence-corrected chi connectivity index (χ3v) is 3.86. The molecule has 0 unspecified atom stereocenters. The molecule has 0 aliphatic carbocycles. The predicted octanol–water partition coefficient (Wildman–Crippen LogP) is 2.84. The normalized spacial score (nSPS) is 15.5. The van der Waals surface area contributed by atoms with Crippen LogP contribution in [0, 0.1) is 13.8 Å². The highest BCUT2D eigenvalue weighted by Crippen LogP contribution is 2.34. The molecule has 2 N–H and O–H groups in total. The summed E-state index contributed by atoms with van der Waals surface area (Å²) in [7, 11) is 0. The SMILES string of the molecule is Cc1cc([C@H](C)N2C(=O)c3ccc(N)cc3C2=O)c(C)o1. The van der Waals surface area contributed by atoms with Gasteiger partial charge in [0.1, 0.15) is 11.5 Å². The van der Waals surface area contributed by atoms with E-state index in [0.29, 0.717) is 16.8 Å². The number of furan rings is 1. The quantitative estimate of drug-likeness (QED) is 0.679. The lowest BCUT2D eigenvalue weighted by atomic mass is 10.1. The number of hydrogen-bond acceptors (Lipinski definition) is 4. The Morgan fingerprint density at radius 3 is 2.38 bits per heavy atom. The number of hydrogen-bond donors (Lipinski definition) is 1. The van der Waals surface area contributed by atoms with Crippen LogP contribution in [0.15, 0.2) is 28.7 Å². The third-order valence-electron chi connectivity index (χ3n) is 3.86. The predicted molar refractivity (Wildman–Crippen MR) is 78.0 cm³/mol. The Labute approximate surface area is 122 Å². The molecule has 0 saturated carbocycles. The van der Waals surface area contributed by atoms with E-state index in [1.54, 1.807) is 18.2 Å². The highest BCUT2D eigenvalue weighted by Gasteiger charge is 2.39. The molecule has 5 heteroatoms. The summed E-state index contributed by atoms with van der Waals surface area (Å²) in [5.74, 6) is 0.875. The van der Waals surface area contributed by atoms with Crippen molar-refractivity contribution in [3.63, 3.8) is 0 Å². The van der Waals surface area contributed by atoms with E-state index in [1.165, 1.54) is 4.90 Å². The lowest BCUT2D eigenvalue weighted by Gasteiger charge is -2.22. The van der Waals surface area contributed by atoms with Gasteiger partial charge in [0.05, 0.1) is 17.2 Å². The molecule has 0 fully saturated rings. The van der Waals surface area contributed by atoms with Gasteiger partial charge in [0, 0.05) is 11.3 Å². The van der Waals surface area contributed by atoms with Crippen LogP contribution in [0.2, 0.25) is 0 Å². The van der Waals surface area contributed by atoms with Gasteiger partial charge in [-0.2, -0.15) is 0 Å². The molecular weight excluding hydrogens is 268 g/mol. The molecule has 5 nitrogen and oxygen atoms in total. The van der Waals surface area contributed by atoms with Gasteiger partial charge in [-0.15, -0.1) is 0 Å². The van der Waals surface area contributed by atoms with Gasteiger partial charge < -0.3 is 10.2 Å². The minimum Gasteiger partial charge on any atom is -0.466 e. The average molecular weight is 284 g/mol. The first-order chi connectivity index (χ1) is 9.90. The molecule has 1 aromatic carbocycles. The van der Waals surface area contributed by atoms with Crippen LogP contribution in [0.3, 0.4) is 0 Å². The van der Waals surface area contributed by atoms with Crippen molar-refractivity contribution in [2.75, 3.05) is 5.73 Å². The number of imide groups is 1. The van der Waals surface area contributed by atoms with Crippen LogP contribution in [0.5, 0.6) is 0 Å². The van der Waals surface area contributed by atoms with Crippen molar-refractivity contribution >= 4 is 17.5 Å². The lowest BCUT2D eigenvalue weighted by molar-refractivity contribution is 0.0594. The van der Waals surface area contributed by atoms with E-state index >= 15 is 0 Å². The number of anilines is 1. The Balaban J connectivity index is 2.03. The van der Waals surface area contributed by atoms with Gasteiger partial charge in [0.15, 0.2) is 0 Å². The van der Waals surface area contributed by atoms with Crippen LogP contribution in [0.25, 0.3) is 0 Å². The maximum Gasteiger partial charge on any atom is 0.262 e. The van der Waals surface area contributed by atoms with Gasteiger partial charge in [-0.05, 0) is 45.0 Å². The molecule has 108 valence electrons. The van der Waals surface area contributed by atoms with Crippen molar-refractivity contribution in [3.8, 4) is 0 Å². The second kappa shape index (κ2) is 4.48. The number of nitrogens with zero attached hydrogens (tertiary/aromatic N) is 1. The van der Waals surface area contributed by atoms with Crippen molar-refractivity contribution in [3.05, 3.63) is 52.5 Å². The second-order valence-corrected chi connectivity index (χ2v) is 5.33. The molecule has 0 radical (unpaired) electrons. The zero-order valence-electron chi connectivity index (χ0n) is 12.1.